The van der Waals surface area contributed by atoms with Crippen molar-refractivity contribution in [1.82, 2.24) is 10.6 Å². The summed E-state index contributed by atoms with van der Waals surface area (Å²) in [5, 5.41) is 14.5. The largest absolute Gasteiger partial charge is 0.480 e. The van der Waals surface area contributed by atoms with E-state index in [1.807, 2.05) is 48.5 Å². The second-order valence-corrected chi connectivity index (χ2v) is 8.88. The average Bonchev–Trinajstić information content (AvgIpc) is 3.45. The fraction of sp³-hybridized carbons (Fsp3) is 0.385. The van der Waals surface area contributed by atoms with Gasteiger partial charge in [0.2, 0.25) is 5.91 Å². The first-order valence-corrected chi connectivity index (χ1v) is 11.6. The molecule has 35 heavy (non-hydrogen) atoms. The minimum absolute atomic E-state index is 0.0949. The fourth-order valence-corrected chi connectivity index (χ4v) is 4.96. The third kappa shape index (κ3) is 4.99. The molecule has 0 saturated heterocycles. The zero-order valence-corrected chi connectivity index (χ0v) is 19.4. The molecule has 0 aromatic heterocycles. The lowest BCUT2D eigenvalue weighted by Crippen LogP contribution is -2.60. The van der Waals surface area contributed by atoms with Crippen molar-refractivity contribution < 1.29 is 33.8 Å². The highest BCUT2D eigenvalue weighted by Crippen LogP contribution is 2.44. The van der Waals surface area contributed by atoms with Crippen LogP contribution in [-0.4, -0.2) is 54.3 Å². The quantitative estimate of drug-likeness (QED) is 0.495. The third-order valence-electron chi connectivity index (χ3n) is 6.78. The molecule has 2 aromatic rings. The first-order chi connectivity index (χ1) is 16.8. The SMILES string of the molecule is COC(=O)C[C@@H](NC(=O)C1(NC(=O)OCC2c3ccccc3-c3ccccc32)CCCC1)C(=O)O. The maximum Gasteiger partial charge on any atom is 0.408 e. The van der Waals surface area contributed by atoms with Gasteiger partial charge in [0, 0.05) is 5.92 Å². The summed E-state index contributed by atoms with van der Waals surface area (Å²) >= 11 is 0. The molecule has 0 bridgehead atoms. The molecule has 2 aromatic carbocycles. The summed E-state index contributed by atoms with van der Waals surface area (Å²) in [6.07, 6.45) is 0.793. The molecule has 0 radical (unpaired) electrons. The van der Waals surface area contributed by atoms with E-state index in [0.717, 1.165) is 29.4 Å². The highest BCUT2D eigenvalue weighted by molar-refractivity contribution is 5.94. The van der Waals surface area contributed by atoms with E-state index in [-0.39, 0.29) is 12.5 Å². The number of nitrogens with one attached hydrogen (secondary N) is 2. The van der Waals surface area contributed by atoms with Gasteiger partial charge in [-0.15, -0.1) is 0 Å². The molecule has 2 aliphatic rings. The predicted molar refractivity (Wildman–Crippen MR) is 126 cm³/mol. The molecule has 3 N–H and O–H groups in total. The number of carbonyl (C=O) groups excluding carboxylic acids is 3. The number of carboxylic acid groups (broad SMARTS) is 1. The van der Waals surface area contributed by atoms with Crippen LogP contribution in [0.4, 0.5) is 4.79 Å². The van der Waals surface area contributed by atoms with Crippen molar-refractivity contribution in [2.45, 2.75) is 49.6 Å². The average molecular weight is 481 g/mol. The van der Waals surface area contributed by atoms with Crippen LogP contribution in [0.3, 0.4) is 0 Å². The summed E-state index contributed by atoms with van der Waals surface area (Å²) in [4.78, 5) is 49.0. The van der Waals surface area contributed by atoms with Gasteiger partial charge in [0.05, 0.1) is 13.5 Å². The van der Waals surface area contributed by atoms with Crippen LogP contribution < -0.4 is 10.6 Å². The van der Waals surface area contributed by atoms with Gasteiger partial charge >= 0.3 is 18.0 Å². The maximum absolute atomic E-state index is 13.1. The molecule has 2 amide bonds. The minimum atomic E-state index is -1.46. The number of esters is 1. The number of methoxy groups -OCH3 is 1. The van der Waals surface area contributed by atoms with Gasteiger partial charge in [-0.05, 0) is 35.1 Å². The number of fused-ring (bicyclic) bond motifs is 3. The van der Waals surface area contributed by atoms with Crippen molar-refractivity contribution in [2.24, 2.45) is 0 Å². The lowest BCUT2D eigenvalue weighted by Gasteiger charge is -2.30. The van der Waals surface area contributed by atoms with Gasteiger partial charge in [0.25, 0.3) is 0 Å². The molecule has 4 rings (SSSR count). The molecular weight excluding hydrogens is 452 g/mol. The minimum Gasteiger partial charge on any atom is -0.480 e. The van der Waals surface area contributed by atoms with Crippen LogP contribution in [0.1, 0.15) is 49.1 Å². The maximum atomic E-state index is 13.1. The Balaban J connectivity index is 1.44. The van der Waals surface area contributed by atoms with Crippen LogP contribution >= 0.6 is 0 Å². The lowest BCUT2D eigenvalue weighted by atomic mass is 9.95. The van der Waals surface area contributed by atoms with E-state index in [2.05, 4.69) is 15.4 Å². The van der Waals surface area contributed by atoms with Crippen LogP contribution in [0.15, 0.2) is 48.5 Å². The molecule has 1 atom stereocenters. The Hall–Kier alpha value is -3.88. The van der Waals surface area contributed by atoms with Gasteiger partial charge in [-0.3, -0.25) is 9.59 Å². The van der Waals surface area contributed by atoms with E-state index in [9.17, 15) is 24.3 Å². The van der Waals surface area contributed by atoms with Gasteiger partial charge in [0.1, 0.15) is 18.2 Å². The standard InChI is InChI=1S/C26H28N2O7/c1-34-22(29)14-21(23(30)31)27-24(32)26(12-6-7-13-26)28-25(33)35-15-20-18-10-4-2-8-16(18)17-9-3-5-11-19(17)20/h2-5,8-11,20-21H,6-7,12-15H2,1H3,(H,27,32)(H,28,33)(H,30,31)/t21-/m1/s1. The van der Waals surface area contributed by atoms with Gasteiger partial charge in [0.15, 0.2) is 0 Å². The second kappa shape index (κ2) is 10.2. The smallest absolute Gasteiger partial charge is 0.408 e. The van der Waals surface area contributed by atoms with Crippen molar-refractivity contribution >= 4 is 23.9 Å². The Kier molecular flexibility index (Phi) is 7.04. The van der Waals surface area contributed by atoms with Crippen molar-refractivity contribution in [3.63, 3.8) is 0 Å². The number of aliphatic carboxylic acids is 1. The van der Waals surface area contributed by atoms with E-state index >= 15 is 0 Å². The van der Waals surface area contributed by atoms with Crippen LogP contribution in [0.2, 0.25) is 0 Å². The summed E-state index contributed by atoms with van der Waals surface area (Å²) < 4.78 is 10.1. The highest BCUT2D eigenvalue weighted by Gasteiger charge is 2.44. The molecule has 1 fully saturated rings. The lowest BCUT2D eigenvalue weighted by molar-refractivity contribution is -0.149. The van der Waals surface area contributed by atoms with E-state index in [0.29, 0.717) is 25.7 Å². The molecule has 0 heterocycles. The Morgan fingerprint density at radius 2 is 1.57 bits per heavy atom. The number of rotatable bonds is 8. The second-order valence-electron chi connectivity index (χ2n) is 8.88. The topological polar surface area (TPSA) is 131 Å². The van der Waals surface area contributed by atoms with E-state index in [4.69, 9.17) is 4.74 Å². The first kappa shape index (κ1) is 24.3. The van der Waals surface area contributed by atoms with Crippen LogP contribution in [0.25, 0.3) is 11.1 Å². The number of hydrogen-bond acceptors (Lipinski definition) is 6. The van der Waals surface area contributed by atoms with E-state index < -0.39 is 41.9 Å². The number of carboxylic acids is 1. The van der Waals surface area contributed by atoms with Gasteiger partial charge < -0.3 is 25.2 Å². The highest BCUT2D eigenvalue weighted by atomic mass is 16.5. The predicted octanol–water partition coefficient (Wildman–Crippen LogP) is 2.97. The van der Waals surface area contributed by atoms with Crippen molar-refractivity contribution in [2.75, 3.05) is 13.7 Å². The number of amides is 2. The number of carbonyl (C=O) groups is 4. The summed E-state index contributed by atoms with van der Waals surface area (Å²) in [5.41, 5.74) is 3.05. The molecule has 0 aliphatic heterocycles. The molecule has 0 spiro atoms. The molecule has 184 valence electrons. The summed E-state index contributed by atoms with van der Waals surface area (Å²) in [6.45, 7) is 0.0949. The van der Waals surface area contributed by atoms with E-state index in [1.165, 1.54) is 0 Å². The van der Waals surface area contributed by atoms with Gasteiger partial charge in [-0.1, -0.05) is 61.4 Å². The Labute approximate surface area is 202 Å². The van der Waals surface area contributed by atoms with Gasteiger partial charge in [-0.25, -0.2) is 9.59 Å². The molecule has 2 aliphatic carbocycles. The Morgan fingerprint density at radius 1 is 1.00 bits per heavy atom. The number of alkyl carbamates (subject to hydrolysis) is 1. The van der Waals surface area contributed by atoms with Crippen molar-refractivity contribution in [3.8, 4) is 11.1 Å². The molecule has 9 nitrogen and oxygen atoms in total. The number of ether oxygens (including phenoxy) is 2. The molecular formula is C26H28N2O7. The fourth-order valence-electron chi connectivity index (χ4n) is 4.96. The third-order valence-corrected chi connectivity index (χ3v) is 6.78. The summed E-state index contributed by atoms with van der Waals surface area (Å²) in [6, 6.07) is 14.5. The van der Waals surface area contributed by atoms with Crippen LogP contribution in [0.5, 0.6) is 0 Å². The normalized spacial score (nSPS) is 16.5. The molecule has 1 saturated carbocycles. The van der Waals surface area contributed by atoms with Crippen LogP contribution in [-0.2, 0) is 23.9 Å². The summed E-state index contributed by atoms with van der Waals surface area (Å²) in [7, 11) is 1.14. The van der Waals surface area contributed by atoms with Crippen molar-refractivity contribution in [1.29, 1.82) is 0 Å². The summed E-state index contributed by atoms with van der Waals surface area (Å²) in [5.74, 6) is -2.90. The Morgan fingerprint density at radius 3 is 2.11 bits per heavy atom. The zero-order chi connectivity index (χ0) is 25.0. The monoisotopic (exact) mass is 480 g/mol. The molecule has 0 unspecified atom stereocenters. The number of hydrogen-bond donors (Lipinski definition) is 3. The number of benzene rings is 2. The Bertz CT molecular complexity index is 1090. The first-order valence-electron chi connectivity index (χ1n) is 11.6. The molecule has 9 heteroatoms. The van der Waals surface area contributed by atoms with Crippen LogP contribution in [0, 0.1) is 0 Å². The zero-order valence-electron chi connectivity index (χ0n) is 19.4. The van der Waals surface area contributed by atoms with E-state index in [1.54, 1.807) is 0 Å². The van der Waals surface area contributed by atoms with Crippen molar-refractivity contribution in [3.05, 3.63) is 59.7 Å². The van der Waals surface area contributed by atoms with Gasteiger partial charge in [-0.2, -0.15) is 0 Å².